The summed E-state index contributed by atoms with van der Waals surface area (Å²) in [4.78, 5) is 0. The molecule has 19 heavy (non-hydrogen) atoms. The molecule has 0 bridgehead atoms. The Hall–Kier alpha value is -0.840. The molecule has 4 heteroatoms. The van der Waals surface area contributed by atoms with Gasteiger partial charge in [-0.25, -0.2) is 0 Å². The van der Waals surface area contributed by atoms with Crippen LogP contribution in [0.25, 0.3) is 6.08 Å². The molecule has 3 nitrogen and oxygen atoms in total. The number of nitrogens with one attached hydrogen (secondary N) is 1. The third-order valence-corrected chi connectivity index (χ3v) is 3.89. The van der Waals surface area contributed by atoms with Crippen molar-refractivity contribution in [1.29, 1.82) is 0 Å². The summed E-state index contributed by atoms with van der Waals surface area (Å²) in [5.41, 5.74) is 2.48. The molecule has 0 spiro atoms. The van der Waals surface area contributed by atoms with Crippen molar-refractivity contribution in [2.75, 3.05) is 26.9 Å². The molecule has 1 aromatic carbocycles. The molecule has 1 heterocycles. The van der Waals surface area contributed by atoms with E-state index in [-0.39, 0.29) is 0 Å². The average Bonchev–Trinajstić information content (AvgIpc) is 2.42. The minimum absolute atomic E-state index is 0.425. The van der Waals surface area contributed by atoms with Gasteiger partial charge in [-0.2, -0.15) is 0 Å². The molecule has 1 aliphatic heterocycles. The fourth-order valence-corrected chi connectivity index (χ4v) is 2.58. The Kier molecular flexibility index (Phi) is 5.43. The van der Waals surface area contributed by atoms with Gasteiger partial charge in [0.25, 0.3) is 0 Å². The fraction of sp³-hybridized carbons (Fsp3) is 0.467. The molecular weight excluding hydrogens is 306 g/mol. The Balaban J connectivity index is 2.06. The van der Waals surface area contributed by atoms with Crippen molar-refractivity contribution in [3.63, 3.8) is 0 Å². The summed E-state index contributed by atoms with van der Waals surface area (Å²) in [6.45, 7) is 4.72. The van der Waals surface area contributed by atoms with E-state index in [1.807, 2.05) is 18.2 Å². The number of benzene rings is 1. The molecule has 1 saturated heterocycles. The highest BCUT2D eigenvalue weighted by Crippen LogP contribution is 2.25. The lowest BCUT2D eigenvalue weighted by molar-refractivity contribution is 0.0771. The number of morpholine rings is 1. The quantitative estimate of drug-likeness (QED) is 0.921. The lowest BCUT2D eigenvalue weighted by atomic mass is 10.0. The molecule has 0 saturated carbocycles. The molecule has 104 valence electrons. The first-order valence-electron chi connectivity index (χ1n) is 6.51. The van der Waals surface area contributed by atoms with Crippen LogP contribution < -0.4 is 10.1 Å². The fourth-order valence-electron chi connectivity index (χ4n) is 2.22. The number of ether oxygens (including phenoxy) is 2. The molecule has 1 fully saturated rings. The predicted molar refractivity (Wildman–Crippen MR) is 81.6 cm³/mol. The van der Waals surface area contributed by atoms with Crippen LogP contribution in [0.4, 0.5) is 0 Å². The molecule has 1 N–H and O–H groups in total. The topological polar surface area (TPSA) is 30.5 Å². The molecule has 1 aliphatic rings. The van der Waals surface area contributed by atoms with Gasteiger partial charge in [-0.3, -0.25) is 0 Å². The summed E-state index contributed by atoms with van der Waals surface area (Å²) in [7, 11) is 1.69. The molecule has 0 amide bonds. The van der Waals surface area contributed by atoms with Crippen molar-refractivity contribution < 1.29 is 9.47 Å². The summed E-state index contributed by atoms with van der Waals surface area (Å²) in [6.07, 6.45) is 3.20. The number of hydrogen-bond donors (Lipinski definition) is 1. The van der Waals surface area contributed by atoms with Gasteiger partial charge in [-0.1, -0.05) is 27.6 Å². The zero-order valence-electron chi connectivity index (χ0n) is 11.4. The SMILES string of the molecule is COc1ccc(Br)c(/C=C(/C)CC2COCCN2)c1. The first kappa shape index (κ1) is 14.6. The predicted octanol–water partition coefficient (Wildman–Crippen LogP) is 3.24. The van der Waals surface area contributed by atoms with E-state index in [4.69, 9.17) is 9.47 Å². The lowest BCUT2D eigenvalue weighted by Crippen LogP contribution is -2.41. The van der Waals surface area contributed by atoms with Gasteiger partial charge in [-0.15, -0.1) is 0 Å². The Labute approximate surface area is 123 Å². The van der Waals surface area contributed by atoms with Gasteiger partial charge >= 0.3 is 0 Å². The van der Waals surface area contributed by atoms with Gasteiger partial charge in [0.2, 0.25) is 0 Å². The second-order valence-electron chi connectivity index (χ2n) is 4.81. The van der Waals surface area contributed by atoms with Gasteiger partial charge in [-0.05, 0) is 37.1 Å². The first-order valence-corrected chi connectivity index (χ1v) is 7.30. The van der Waals surface area contributed by atoms with E-state index in [1.54, 1.807) is 7.11 Å². The molecular formula is C15H20BrNO2. The van der Waals surface area contributed by atoms with Crippen molar-refractivity contribution in [3.8, 4) is 5.75 Å². The van der Waals surface area contributed by atoms with Crippen molar-refractivity contribution in [1.82, 2.24) is 5.32 Å². The van der Waals surface area contributed by atoms with Crippen LogP contribution in [-0.4, -0.2) is 32.9 Å². The maximum absolute atomic E-state index is 5.47. The van der Waals surface area contributed by atoms with Crippen molar-refractivity contribution in [2.24, 2.45) is 0 Å². The molecule has 0 radical (unpaired) electrons. The lowest BCUT2D eigenvalue weighted by Gasteiger charge is -2.24. The summed E-state index contributed by atoms with van der Waals surface area (Å²) < 4.78 is 11.8. The second-order valence-corrected chi connectivity index (χ2v) is 5.66. The minimum Gasteiger partial charge on any atom is -0.497 e. The largest absolute Gasteiger partial charge is 0.497 e. The van der Waals surface area contributed by atoms with Crippen LogP contribution in [0.2, 0.25) is 0 Å². The van der Waals surface area contributed by atoms with Crippen molar-refractivity contribution in [3.05, 3.63) is 33.8 Å². The van der Waals surface area contributed by atoms with E-state index < -0.39 is 0 Å². The van der Waals surface area contributed by atoms with Crippen LogP contribution >= 0.6 is 15.9 Å². The van der Waals surface area contributed by atoms with Crippen LogP contribution in [0.1, 0.15) is 18.9 Å². The maximum atomic E-state index is 5.47. The Bertz CT molecular complexity index is 453. The van der Waals surface area contributed by atoms with E-state index in [2.05, 4.69) is 34.2 Å². The Morgan fingerprint density at radius 1 is 1.58 bits per heavy atom. The summed E-state index contributed by atoms with van der Waals surface area (Å²) in [5, 5.41) is 3.47. The van der Waals surface area contributed by atoms with Crippen LogP contribution in [0.3, 0.4) is 0 Å². The van der Waals surface area contributed by atoms with E-state index in [0.717, 1.165) is 42.0 Å². The summed E-state index contributed by atoms with van der Waals surface area (Å²) in [6, 6.07) is 6.43. The number of halogens is 1. The molecule has 1 aromatic rings. The second kappa shape index (κ2) is 7.08. The van der Waals surface area contributed by atoms with Gasteiger partial charge < -0.3 is 14.8 Å². The van der Waals surface area contributed by atoms with Crippen molar-refractivity contribution in [2.45, 2.75) is 19.4 Å². The average molecular weight is 326 g/mol. The Morgan fingerprint density at radius 3 is 3.11 bits per heavy atom. The van der Waals surface area contributed by atoms with E-state index >= 15 is 0 Å². The smallest absolute Gasteiger partial charge is 0.119 e. The first-order chi connectivity index (χ1) is 9.19. The zero-order chi connectivity index (χ0) is 13.7. The minimum atomic E-state index is 0.425. The molecule has 0 aliphatic carbocycles. The zero-order valence-corrected chi connectivity index (χ0v) is 13.0. The van der Waals surface area contributed by atoms with E-state index in [1.165, 1.54) is 5.57 Å². The highest BCUT2D eigenvalue weighted by molar-refractivity contribution is 9.10. The third-order valence-electron chi connectivity index (χ3n) is 3.17. The summed E-state index contributed by atoms with van der Waals surface area (Å²) in [5.74, 6) is 0.876. The van der Waals surface area contributed by atoms with Crippen LogP contribution in [0, 0.1) is 0 Å². The molecule has 1 unspecified atom stereocenters. The van der Waals surface area contributed by atoms with Gasteiger partial charge in [0.05, 0.1) is 20.3 Å². The molecule has 1 atom stereocenters. The normalized spacial score (nSPS) is 20.4. The summed E-state index contributed by atoms with van der Waals surface area (Å²) >= 11 is 3.57. The third kappa shape index (κ3) is 4.34. The standard InChI is InChI=1S/C15H20BrNO2/c1-11(8-13-10-19-6-5-17-13)7-12-9-14(18-2)3-4-15(12)16/h3-4,7,9,13,17H,5-6,8,10H2,1-2H3/b11-7-. The van der Waals surface area contributed by atoms with Gasteiger partial charge in [0.15, 0.2) is 0 Å². The van der Waals surface area contributed by atoms with Gasteiger partial charge in [0, 0.05) is 17.1 Å². The Morgan fingerprint density at radius 2 is 2.42 bits per heavy atom. The highest BCUT2D eigenvalue weighted by atomic mass is 79.9. The number of rotatable bonds is 4. The molecule has 2 rings (SSSR count). The van der Waals surface area contributed by atoms with E-state index in [0.29, 0.717) is 6.04 Å². The number of hydrogen-bond acceptors (Lipinski definition) is 3. The van der Waals surface area contributed by atoms with Crippen LogP contribution in [0.5, 0.6) is 5.75 Å². The number of methoxy groups -OCH3 is 1. The monoisotopic (exact) mass is 325 g/mol. The maximum Gasteiger partial charge on any atom is 0.119 e. The van der Waals surface area contributed by atoms with E-state index in [9.17, 15) is 0 Å². The molecule has 0 aromatic heterocycles. The van der Waals surface area contributed by atoms with Crippen LogP contribution in [-0.2, 0) is 4.74 Å². The van der Waals surface area contributed by atoms with Crippen molar-refractivity contribution >= 4 is 22.0 Å². The highest BCUT2D eigenvalue weighted by Gasteiger charge is 2.13. The van der Waals surface area contributed by atoms with Crippen LogP contribution in [0.15, 0.2) is 28.2 Å². The van der Waals surface area contributed by atoms with Gasteiger partial charge in [0.1, 0.15) is 5.75 Å².